The molecule has 3 N–H and O–H groups in total. The number of nitrogens with zero attached hydrogens (tertiary/aromatic N) is 4. The number of carbonyl (C=O) groups excluding carboxylic acids is 1. The van der Waals surface area contributed by atoms with Crippen molar-refractivity contribution in [3.8, 4) is 0 Å². The summed E-state index contributed by atoms with van der Waals surface area (Å²) in [6, 6.07) is 7.48. The van der Waals surface area contributed by atoms with Crippen LogP contribution in [0.4, 0.5) is 11.8 Å². The van der Waals surface area contributed by atoms with E-state index in [2.05, 4.69) is 25.7 Å². The zero-order valence-electron chi connectivity index (χ0n) is 15.2. The Hall–Kier alpha value is -3.46. The standard InChI is InChI=1S/C19H17ClN6O3/c20-15-4-2-1-3-11(15)10-26-18-14(8-24-26)13(5-16(27)25-18)12-6-21-19(22-7-12)23-9-17(28)29/h1-4,6-8,13H,5,9-10H2,(H,25,27)(H,28,29)(H,21,22,23). The third kappa shape index (κ3) is 4.04. The van der Waals surface area contributed by atoms with Crippen LogP contribution < -0.4 is 10.6 Å². The van der Waals surface area contributed by atoms with Gasteiger partial charge in [0.1, 0.15) is 12.4 Å². The van der Waals surface area contributed by atoms with E-state index in [1.807, 2.05) is 24.3 Å². The number of anilines is 2. The third-order valence-electron chi connectivity index (χ3n) is 4.64. The van der Waals surface area contributed by atoms with E-state index in [1.165, 1.54) is 0 Å². The minimum Gasteiger partial charge on any atom is -0.480 e. The Morgan fingerprint density at radius 2 is 2.03 bits per heavy atom. The van der Waals surface area contributed by atoms with Gasteiger partial charge in [0.25, 0.3) is 0 Å². The van der Waals surface area contributed by atoms with E-state index in [0.29, 0.717) is 17.4 Å². The van der Waals surface area contributed by atoms with Gasteiger partial charge >= 0.3 is 5.97 Å². The smallest absolute Gasteiger partial charge is 0.322 e. The number of aliphatic carboxylic acids is 1. The Balaban J connectivity index is 1.60. The number of amides is 1. The molecule has 1 unspecified atom stereocenters. The Morgan fingerprint density at radius 1 is 1.28 bits per heavy atom. The largest absolute Gasteiger partial charge is 0.480 e. The van der Waals surface area contributed by atoms with Gasteiger partial charge in [0, 0.05) is 35.3 Å². The van der Waals surface area contributed by atoms with Gasteiger partial charge in [-0.15, -0.1) is 0 Å². The fourth-order valence-electron chi connectivity index (χ4n) is 3.24. The highest BCUT2D eigenvalue weighted by Gasteiger charge is 2.30. The number of hydrogen-bond donors (Lipinski definition) is 3. The lowest BCUT2D eigenvalue weighted by Gasteiger charge is -2.23. The number of fused-ring (bicyclic) bond motifs is 1. The van der Waals surface area contributed by atoms with E-state index in [1.54, 1.807) is 23.3 Å². The molecule has 1 atom stereocenters. The zero-order valence-corrected chi connectivity index (χ0v) is 15.9. The number of carbonyl (C=O) groups is 2. The van der Waals surface area contributed by atoms with Crippen LogP contribution in [0, 0.1) is 0 Å². The number of carboxylic acids is 1. The summed E-state index contributed by atoms with van der Waals surface area (Å²) < 4.78 is 1.71. The highest BCUT2D eigenvalue weighted by Crippen LogP contribution is 2.37. The second kappa shape index (κ2) is 7.88. The Bertz CT molecular complexity index is 1070. The first-order valence-electron chi connectivity index (χ1n) is 8.88. The van der Waals surface area contributed by atoms with Crippen LogP contribution in [0.1, 0.15) is 29.0 Å². The zero-order chi connectivity index (χ0) is 20.4. The first kappa shape index (κ1) is 18.9. The van der Waals surface area contributed by atoms with Crippen LogP contribution in [0.5, 0.6) is 0 Å². The van der Waals surface area contributed by atoms with Gasteiger partial charge in [0.2, 0.25) is 11.9 Å². The van der Waals surface area contributed by atoms with Gasteiger partial charge in [-0.1, -0.05) is 29.8 Å². The minimum atomic E-state index is -1.00. The van der Waals surface area contributed by atoms with E-state index < -0.39 is 5.97 Å². The predicted molar refractivity (Wildman–Crippen MR) is 106 cm³/mol. The van der Waals surface area contributed by atoms with Crippen molar-refractivity contribution in [3.63, 3.8) is 0 Å². The topological polar surface area (TPSA) is 122 Å². The lowest BCUT2D eigenvalue weighted by molar-refractivity contribution is -0.135. The molecule has 1 aliphatic heterocycles. The minimum absolute atomic E-state index is 0.128. The number of rotatable bonds is 6. The number of carboxylic acid groups (broad SMARTS) is 1. The molecule has 29 heavy (non-hydrogen) atoms. The van der Waals surface area contributed by atoms with E-state index >= 15 is 0 Å². The number of halogens is 1. The van der Waals surface area contributed by atoms with Crippen molar-refractivity contribution in [2.45, 2.75) is 18.9 Å². The lowest BCUT2D eigenvalue weighted by atomic mass is 9.89. The molecule has 9 nitrogen and oxygen atoms in total. The molecular weight excluding hydrogens is 396 g/mol. The van der Waals surface area contributed by atoms with E-state index in [0.717, 1.165) is 16.7 Å². The highest BCUT2D eigenvalue weighted by molar-refractivity contribution is 6.31. The van der Waals surface area contributed by atoms with Gasteiger partial charge in [0.05, 0.1) is 12.7 Å². The van der Waals surface area contributed by atoms with Crippen LogP contribution in [-0.4, -0.2) is 43.3 Å². The van der Waals surface area contributed by atoms with E-state index in [4.69, 9.17) is 16.7 Å². The average molecular weight is 413 g/mol. The Labute approximate surface area is 170 Å². The number of aromatic nitrogens is 4. The van der Waals surface area contributed by atoms with Crippen LogP contribution >= 0.6 is 11.6 Å². The van der Waals surface area contributed by atoms with E-state index in [9.17, 15) is 9.59 Å². The summed E-state index contributed by atoms with van der Waals surface area (Å²) in [5, 5.41) is 19.3. The van der Waals surface area contributed by atoms with Gasteiger partial charge in [-0.05, 0) is 17.2 Å². The molecule has 1 aliphatic rings. The van der Waals surface area contributed by atoms with Crippen LogP contribution in [0.3, 0.4) is 0 Å². The molecule has 4 rings (SSSR count). The van der Waals surface area contributed by atoms with Crippen molar-refractivity contribution in [1.29, 1.82) is 0 Å². The van der Waals surface area contributed by atoms with Crippen LogP contribution in [0.2, 0.25) is 5.02 Å². The molecule has 0 spiro atoms. The molecule has 148 valence electrons. The SMILES string of the molecule is O=C(O)CNc1ncc(C2CC(=O)Nc3c2cnn3Cc2ccccc2Cl)cn1. The quantitative estimate of drug-likeness (QED) is 0.568. The number of nitrogens with one attached hydrogen (secondary N) is 2. The molecule has 0 fully saturated rings. The van der Waals surface area contributed by atoms with Gasteiger partial charge in [-0.3, -0.25) is 9.59 Å². The molecule has 1 amide bonds. The molecule has 3 aromatic rings. The molecule has 10 heteroatoms. The van der Waals surface area contributed by atoms with E-state index in [-0.39, 0.29) is 30.7 Å². The highest BCUT2D eigenvalue weighted by atomic mass is 35.5. The van der Waals surface area contributed by atoms with Crippen LogP contribution in [0.15, 0.2) is 42.9 Å². The second-order valence-corrected chi connectivity index (χ2v) is 7.00. The molecule has 3 heterocycles. The molecule has 1 aromatic carbocycles. The summed E-state index contributed by atoms with van der Waals surface area (Å²) in [6.07, 6.45) is 5.16. The maximum Gasteiger partial charge on any atom is 0.322 e. The molecule has 2 aromatic heterocycles. The van der Waals surface area contributed by atoms with Gasteiger partial charge in [-0.2, -0.15) is 5.10 Å². The van der Waals surface area contributed by atoms with Crippen molar-refractivity contribution in [2.75, 3.05) is 17.2 Å². The maximum absolute atomic E-state index is 12.3. The summed E-state index contributed by atoms with van der Waals surface area (Å²) in [5.41, 5.74) is 2.51. The fourth-order valence-corrected chi connectivity index (χ4v) is 3.43. The van der Waals surface area contributed by atoms with Crippen LogP contribution in [-0.2, 0) is 16.1 Å². The number of hydrogen-bond acceptors (Lipinski definition) is 6. The van der Waals surface area contributed by atoms with Gasteiger partial charge < -0.3 is 15.7 Å². The van der Waals surface area contributed by atoms with Crippen molar-refractivity contribution >= 4 is 35.2 Å². The van der Waals surface area contributed by atoms with Crippen molar-refractivity contribution in [2.24, 2.45) is 0 Å². The first-order chi connectivity index (χ1) is 14.0. The lowest BCUT2D eigenvalue weighted by Crippen LogP contribution is -2.25. The fraction of sp³-hybridized carbons (Fsp3) is 0.211. The molecule has 0 bridgehead atoms. The molecule has 0 saturated heterocycles. The van der Waals surface area contributed by atoms with Crippen LogP contribution in [0.25, 0.3) is 0 Å². The Kier molecular flexibility index (Phi) is 5.13. The normalized spacial score (nSPS) is 15.5. The molecule has 0 radical (unpaired) electrons. The van der Waals surface area contributed by atoms with Crippen molar-refractivity contribution in [3.05, 3.63) is 64.6 Å². The average Bonchev–Trinajstić information content (AvgIpc) is 3.10. The molecular formula is C19H17ClN6O3. The second-order valence-electron chi connectivity index (χ2n) is 6.59. The summed E-state index contributed by atoms with van der Waals surface area (Å²) in [4.78, 5) is 31.3. The summed E-state index contributed by atoms with van der Waals surface area (Å²) in [5.74, 6) is -0.536. The molecule has 0 saturated carbocycles. The van der Waals surface area contributed by atoms with Crippen molar-refractivity contribution < 1.29 is 14.7 Å². The van der Waals surface area contributed by atoms with Crippen molar-refractivity contribution in [1.82, 2.24) is 19.7 Å². The third-order valence-corrected chi connectivity index (χ3v) is 5.01. The first-order valence-corrected chi connectivity index (χ1v) is 9.25. The number of benzene rings is 1. The van der Waals surface area contributed by atoms with Gasteiger partial charge in [0.15, 0.2) is 0 Å². The van der Waals surface area contributed by atoms with Gasteiger partial charge in [-0.25, -0.2) is 14.6 Å². The summed E-state index contributed by atoms with van der Waals surface area (Å²) in [7, 11) is 0. The predicted octanol–water partition coefficient (Wildman–Crippen LogP) is 2.35. The summed E-state index contributed by atoms with van der Waals surface area (Å²) in [6.45, 7) is 0.153. The molecule has 0 aliphatic carbocycles. The maximum atomic E-state index is 12.3. The summed E-state index contributed by atoms with van der Waals surface area (Å²) >= 11 is 6.25. The Morgan fingerprint density at radius 3 is 2.76 bits per heavy atom. The monoisotopic (exact) mass is 412 g/mol.